The maximum Gasteiger partial charge on any atom is 0.243 e. The Labute approximate surface area is 132 Å². The van der Waals surface area contributed by atoms with Crippen molar-refractivity contribution in [3.8, 4) is 0 Å². The standard InChI is InChI=1S/C16H14ClFN2O2/c17-12-4-2-6-14(9-12)20-16(22)10-19-15(21)8-11-3-1-5-13(18)7-11/h1-7,9H,8,10H2,(H,19,21)(H,20,22). The SMILES string of the molecule is O=C(Cc1cccc(F)c1)NCC(=O)Nc1cccc(Cl)c1. The molecule has 4 nitrogen and oxygen atoms in total. The Bertz CT molecular complexity index is 632. The zero-order chi connectivity index (χ0) is 15.9. The summed E-state index contributed by atoms with van der Waals surface area (Å²) in [5, 5.41) is 5.60. The van der Waals surface area contributed by atoms with Crippen molar-refractivity contribution in [1.82, 2.24) is 5.32 Å². The van der Waals surface area contributed by atoms with Gasteiger partial charge in [0, 0.05) is 10.7 Å². The molecule has 2 aromatic carbocycles. The summed E-state index contributed by atoms with van der Waals surface area (Å²) < 4.78 is 13.0. The Morgan fingerprint density at radius 1 is 1.05 bits per heavy atom. The van der Waals surface area contributed by atoms with Crippen LogP contribution in [0.3, 0.4) is 0 Å². The van der Waals surface area contributed by atoms with E-state index in [2.05, 4.69) is 10.6 Å². The molecule has 0 aliphatic carbocycles. The molecule has 0 atom stereocenters. The van der Waals surface area contributed by atoms with Crippen molar-refractivity contribution in [2.24, 2.45) is 0 Å². The van der Waals surface area contributed by atoms with Crippen LogP contribution in [-0.2, 0) is 16.0 Å². The highest BCUT2D eigenvalue weighted by Gasteiger charge is 2.07. The lowest BCUT2D eigenvalue weighted by Gasteiger charge is -2.07. The van der Waals surface area contributed by atoms with Gasteiger partial charge in [-0.1, -0.05) is 29.8 Å². The van der Waals surface area contributed by atoms with E-state index >= 15 is 0 Å². The maximum atomic E-state index is 13.0. The van der Waals surface area contributed by atoms with Gasteiger partial charge in [0.05, 0.1) is 13.0 Å². The van der Waals surface area contributed by atoms with Gasteiger partial charge in [-0.3, -0.25) is 9.59 Å². The van der Waals surface area contributed by atoms with Gasteiger partial charge >= 0.3 is 0 Å². The fourth-order valence-electron chi connectivity index (χ4n) is 1.85. The first kappa shape index (κ1) is 16.0. The number of rotatable bonds is 5. The van der Waals surface area contributed by atoms with Gasteiger partial charge in [0.15, 0.2) is 0 Å². The largest absolute Gasteiger partial charge is 0.347 e. The highest BCUT2D eigenvalue weighted by molar-refractivity contribution is 6.30. The van der Waals surface area contributed by atoms with E-state index in [-0.39, 0.29) is 24.8 Å². The summed E-state index contributed by atoms with van der Waals surface area (Å²) in [6.45, 7) is -0.166. The number of carbonyl (C=O) groups excluding carboxylic acids is 2. The zero-order valence-electron chi connectivity index (χ0n) is 11.6. The van der Waals surface area contributed by atoms with E-state index in [1.807, 2.05) is 0 Å². The normalized spacial score (nSPS) is 10.1. The fourth-order valence-corrected chi connectivity index (χ4v) is 2.04. The van der Waals surface area contributed by atoms with Crippen molar-refractivity contribution >= 4 is 29.1 Å². The van der Waals surface area contributed by atoms with E-state index in [0.717, 1.165) is 0 Å². The third-order valence-corrected chi connectivity index (χ3v) is 3.04. The van der Waals surface area contributed by atoms with Gasteiger partial charge in [0.25, 0.3) is 0 Å². The molecule has 22 heavy (non-hydrogen) atoms. The van der Waals surface area contributed by atoms with Gasteiger partial charge in [-0.25, -0.2) is 4.39 Å². The number of hydrogen-bond donors (Lipinski definition) is 2. The van der Waals surface area contributed by atoms with Crippen LogP contribution in [0.1, 0.15) is 5.56 Å². The first-order chi connectivity index (χ1) is 10.5. The molecule has 2 N–H and O–H groups in total. The molecule has 0 radical (unpaired) electrons. The Morgan fingerprint density at radius 2 is 1.82 bits per heavy atom. The second-order valence-corrected chi connectivity index (χ2v) is 5.08. The quantitative estimate of drug-likeness (QED) is 0.890. The van der Waals surface area contributed by atoms with E-state index in [9.17, 15) is 14.0 Å². The van der Waals surface area contributed by atoms with Gasteiger partial charge in [-0.05, 0) is 35.9 Å². The van der Waals surface area contributed by atoms with Crippen molar-refractivity contribution in [1.29, 1.82) is 0 Å². The lowest BCUT2D eigenvalue weighted by Crippen LogP contribution is -2.33. The number of nitrogens with one attached hydrogen (secondary N) is 2. The minimum absolute atomic E-state index is 0.0161. The molecule has 0 heterocycles. The molecule has 6 heteroatoms. The number of hydrogen-bond acceptors (Lipinski definition) is 2. The van der Waals surface area contributed by atoms with Crippen molar-refractivity contribution in [2.45, 2.75) is 6.42 Å². The second-order valence-electron chi connectivity index (χ2n) is 4.64. The van der Waals surface area contributed by atoms with Gasteiger partial charge in [0.1, 0.15) is 5.82 Å². The average Bonchev–Trinajstić information content (AvgIpc) is 2.45. The van der Waals surface area contributed by atoms with E-state index in [1.165, 1.54) is 18.2 Å². The summed E-state index contributed by atoms with van der Waals surface area (Å²) in [5.41, 5.74) is 1.10. The van der Waals surface area contributed by atoms with Crippen LogP contribution < -0.4 is 10.6 Å². The van der Waals surface area contributed by atoms with Crippen LogP contribution in [0.2, 0.25) is 5.02 Å². The molecule has 0 saturated heterocycles. The Kier molecular flexibility index (Phi) is 5.49. The first-order valence-corrected chi connectivity index (χ1v) is 6.97. The van der Waals surface area contributed by atoms with Gasteiger partial charge < -0.3 is 10.6 Å². The molecule has 2 amide bonds. The van der Waals surface area contributed by atoms with E-state index < -0.39 is 5.82 Å². The molecule has 0 aliphatic rings. The fraction of sp³-hybridized carbons (Fsp3) is 0.125. The van der Waals surface area contributed by atoms with Crippen LogP contribution in [0.25, 0.3) is 0 Å². The summed E-state index contributed by atoms with van der Waals surface area (Å²) in [6, 6.07) is 12.5. The third kappa shape index (κ3) is 5.18. The van der Waals surface area contributed by atoms with Crippen LogP contribution in [0, 0.1) is 5.82 Å². The highest BCUT2D eigenvalue weighted by atomic mass is 35.5. The van der Waals surface area contributed by atoms with Crippen LogP contribution >= 0.6 is 11.6 Å². The average molecular weight is 321 g/mol. The topological polar surface area (TPSA) is 58.2 Å². The molecule has 0 aromatic heterocycles. The molecule has 0 spiro atoms. The van der Waals surface area contributed by atoms with E-state index in [1.54, 1.807) is 30.3 Å². The summed E-state index contributed by atoms with van der Waals surface area (Å²) in [4.78, 5) is 23.4. The maximum absolute atomic E-state index is 13.0. The molecular formula is C16H14ClFN2O2. The summed E-state index contributed by atoms with van der Waals surface area (Å²) in [5.74, 6) is -1.12. The lowest BCUT2D eigenvalue weighted by atomic mass is 10.1. The Balaban J connectivity index is 1.79. The minimum atomic E-state index is -0.399. The van der Waals surface area contributed by atoms with Crippen molar-refractivity contribution in [2.75, 3.05) is 11.9 Å². The molecule has 0 bridgehead atoms. The van der Waals surface area contributed by atoms with Crippen molar-refractivity contribution in [3.05, 3.63) is 64.9 Å². The van der Waals surface area contributed by atoms with Gasteiger partial charge in [0.2, 0.25) is 11.8 Å². The summed E-state index contributed by atoms with van der Waals surface area (Å²) >= 11 is 5.81. The molecule has 2 aromatic rings. The predicted molar refractivity (Wildman–Crippen MR) is 83.2 cm³/mol. The highest BCUT2D eigenvalue weighted by Crippen LogP contribution is 2.14. The molecule has 114 valence electrons. The smallest absolute Gasteiger partial charge is 0.243 e. The third-order valence-electron chi connectivity index (χ3n) is 2.81. The molecule has 0 unspecified atom stereocenters. The molecule has 2 rings (SSSR count). The number of anilines is 1. The van der Waals surface area contributed by atoms with Crippen molar-refractivity contribution < 1.29 is 14.0 Å². The lowest BCUT2D eigenvalue weighted by molar-refractivity contribution is -0.123. The monoisotopic (exact) mass is 320 g/mol. The van der Waals surface area contributed by atoms with Crippen LogP contribution in [-0.4, -0.2) is 18.4 Å². The molecular weight excluding hydrogens is 307 g/mol. The number of amides is 2. The second kappa shape index (κ2) is 7.56. The Hall–Kier alpha value is -2.40. The van der Waals surface area contributed by atoms with Gasteiger partial charge in [-0.2, -0.15) is 0 Å². The van der Waals surface area contributed by atoms with Crippen LogP contribution in [0.5, 0.6) is 0 Å². The first-order valence-electron chi connectivity index (χ1n) is 6.59. The minimum Gasteiger partial charge on any atom is -0.347 e. The van der Waals surface area contributed by atoms with Crippen LogP contribution in [0.4, 0.5) is 10.1 Å². The van der Waals surface area contributed by atoms with E-state index in [0.29, 0.717) is 16.3 Å². The predicted octanol–water partition coefficient (Wildman–Crippen LogP) is 2.78. The number of benzene rings is 2. The van der Waals surface area contributed by atoms with E-state index in [4.69, 9.17) is 11.6 Å². The number of carbonyl (C=O) groups is 2. The van der Waals surface area contributed by atoms with Gasteiger partial charge in [-0.15, -0.1) is 0 Å². The van der Waals surface area contributed by atoms with Crippen molar-refractivity contribution in [3.63, 3.8) is 0 Å². The number of halogens is 2. The molecule has 0 aliphatic heterocycles. The molecule has 0 fully saturated rings. The molecule has 0 saturated carbocycles. The summed E-state index contributed by atoms with van der Waals surface area (Å²) in [7, 11) is 0. The van der Waals surface area contributed by atoms with Crippen LogP contribution in [0.15, 0.2) is 48.5 Å². The summed E-state index contributed by atoms with van der Waals surface area (Å²) in [6.07, 6.45) is 0.0161. The zero-order valence-corrected chi connectivity index (χ0v) is 12.4. The Morgan fingerprint density at radius 3 is 2.55 bits per heavy atom.